The Hall–Kier alpha value is -0.780. The van der Waals surface area contributed by atoms with E-state index in [1.54, 1.807) is 30.4 Å². The number of hydrogen-bond donors (Lipinski definition) is 0. The van der Waals surface area contributed by atoms with E-state index in [1.165, 1.54) is 6.42 Å². The third-order valence-electron chi connectivity index (χ3n) is 6.28. The largest absolute Gasteiger partial charge is 0.0620 e. The second kappa shape index (κ2) is 2.55. The lowest BCUT2D eigenvalue weighted by molar-refractivity contribution is 0.218. The van der Waals surface area contributed by atoms with Crippen LogP contribution in [0.4, 0.5) is 0 Å². The Morgan fingerprint density at radius 3 is 1.88 bits per heavy atom. The lowest BCUT2D eigenvalue weighted by Gasteiger charge is -2.35. The zero-order chi connectivity index (χ0) is 10.3. The molecule has 0 aliphatic heterocycles. The lowest BCUT2D eigenvalue weighted by Crippen LogP contribution is -2.27. The summed E-state index contributed by atoms with van der Waals surface area (Å²) in [7, 11) is 0. The molecule has 1 aromatic carbocycles. The fourth-order valence-electron chi connectivity index (χ4n) is 6.02. The van der Waals surface area contributed by atoms with Crippen molar-refractivity contribution in [2.75, 3.05) is 0 Å². The minimum absolute atomic E-state index is 0.960. The molecule has 16 heavy (non-hydrogen) atoms. The molecule has 0 nitrogen and oxygen atoms in total. The van der Waals surface area contributed by atoms with E-state index in [2.05, 4.69) is 24.3 Å². The second-order valence-corrected chi connectivity index (χ2v) is 6.57. The molecule has 82 valence electrons. The molecule has 0 saturated heterocycles. The summed E-state index contributed by atoms with van der Waals surface area (Å²) in [6.45, 7) is 0. The van der Waals surface area contributed by atoms with E-state index < -0.39 is 0 Å². The van der Waals surface area contributed by atoms with Crippen molar-refractivity contribution >= 4 is 0 Å². The van der Waals surface area contributed by atoms with E-state index >= 15 is 0 Å². The predicted octanol–water partition coefficient (Wildman–Crippen LogP) is 3.93. The molecule has 5 rings (SSSR count). The second-order valence-electron chi connectivity index (χ2n) is 6.57. The number of hydrogen-bond acceptors (Lipinski definition) is 0. The molecule has 0 amide bonds. The zero-order valence-electron chi connectivity index (χ0n) is 9.60. The molecule has 0 aromatic heterocycles. The van der Waals surface area contributed by atoms with E-state index in [1.807, 2.05) is 0 Å². The van der Waals surface area contributed by atoms with Gasteiger partial charge in [-0.3, -0.25) is 0 Å². The van der Waals surface area contributed by atoms with Crippen molar-refractivity contribution in [3.63, 3.8) is 0 Å². The molecule has 4 bridgehead atoms. The summed E-state index contributed by atoms with van der Waals surface area (Å²) in [6.07, 6.45) is 6.19. The first-order chi connectivity index (χ1) is 7.93. The van der Waals surface area contributed by atoms with Gasteiger partial charge in [-0.25, -0.2) is 0 Å². The van der Waals surface area contributed by atoms with E-state index in [-0.39, 0.29) is 0 Å². The highest BCUT2D eigenvalue weighted by Gasteiger charge is 2.61. The average molecular weight is 210 g/mol. The Kier molecular flexibility index (Phi) is 1.33. The SMILES string of the molecule is c1ccc2c(c1)[C@H]1C[C@H]2[C@H]2[C@H]3CC[C@@H](C3)[C@@H]21. The van der Waals surface area contributed by atoms with Gasteiger partial charge in [0.05, 0.1) is 0 Å². The van der Waals surface area contributed by atoms with Crippen LogP contribution in [0.15, 0.2) is 24.3 Å². The Labute approximate surface area is 97.1 Å². The normalized spacial score (nSPS) is 50.8. The first kappa shape index (κ1) is 8.33. The molecule has 1 aromatic rings. The number of benzene rings is 1. The molecule has 3 saturated carbocycles. The van der Waals surface area contributed by atoms with Crippen LogP contribution in [0.5, 0.6) is 0 Å². The van der Waals surface area contributed by atoms with Gasteiger partial charge >= 0.3 is 0 Å². The number of rotatable bonds is 0. The summed E-state index contributed by atoms with van der Waals surface area (Å²) < 4.78 is 0. The van der Waals surface area contributed by atoms with Gasteiger partial charge in [-0.1, -0.05) is 24.3 Å². The molecule has 0 N–H and O–H groups in total. The Morgan fingerprint density at radius 1 is 0.750 bits per heavy atom. The fraction of sp³-hybridized carbons (Fsp3) is 0.625. The summed E-state index contributed by atoms with van der Waals surface area (Å²) in [5.74, 6) is 6.33. The average Bonchev–Trinajstić information content (AvgIpc) is 3.07. The summed E-state index contributed by atoms with van der Waals surface area (Å²) in [6, 6.07) is 9.34. The van der Waals surface area contributed by atoms with Crippen molar-refractivity contribution in [1.82, 2.24) is 0 Å². The minimum Gasteiger partial charge on any atom is -0.0620 e. The monoisotopic (exact) mass is 210 g/mol. The van der Waals surface area contributed by atoms with E-state index in [0.717, 1.165) is 35.5 Å². The molecule has 4 aliphatic carbocycles. The molecule has 0 unspecified atom stereocenters. The third kappa shape index (κ3) is 0.752. The van der Waals surface area contributed by atoms with Gasteiger partial charge in [-0.2, -0.15) is 0 Å². The maximum atomic E-state index is 2.42. The fourth-order valence-corrected chi connectivity index (χ4v) is 6.02. The first-order valence-corrected chi connectivity index (χ1v) is 7.02. The van der Waals surface area contributed by atoms with Crippen molar-refractivity contribution in [3.05, 3.63) is 35.4 Å². The molecule has 3 fully saturated rings. The van der Waals surface area contributed by atoms with Gasteiger partial charge in [-0.15, -0.1) is 0 Å². The van der Waals surface area contributed by atoms with Gasteiger partial charge < -0.3 is 0 Å². The summed E-state index contributed by atoms with van der Waals surface area (Å²) in [4.78, 5) is 0. The Bertz CT molecular complexity index is 420. The molecule has 0 heteroatoms. The highest BCUT2D eigenvalue weighted by atomic mass is 14.6. The molecule has 0 spiro atoms. The van der Waals surface area contributed by atoms with E-state index in [9.17, 15) is 0 Å². The van der Waals surface area contributed by atoms with Crippen molar-refractivity contribution < 1.29 is 0 Å². The molecule has 0 heterocycles. The van der Waals surface area contributed by atoms with Crippen LogP contribution in [-0.4, -0.2) is 0 Å². The molecule has 4 aliphatic rings. The standard InChI is InChI=1S/C16H18/c1-2-4-12-11(3-1)13-8-14(12)16-10-6-5-9(7-10)15(13)16/h1-4,9-10,13-16H,5-8H2/t9-,10-,13+,14+,15+,16+/m0/s1. The van der Waals surface area contributed by atoms with Crippen molar-refractivity contribution in [1.29, 1.82) is 0 Å². The maximum absolute atomic E-state index is 2.42. The van der Waals surface area contributed by atoms with Crippen molar-refractivity contribution in [2.24, 2.45) is 23.7 Å². The molecular formula is C16H18. The van der Waals surface area contributed by atoms with E-state index in [4.69, 9.17) is 0 Å². The van der Waals surface area contributed by atoms with Gasteiger partial charge in [0, 0.05) is 0 Å². The maximum Gasteiger partial charge on any atom is -0.0119 e. The van der Waals surface area contributed by atoms with Gasteiger partial charge in [0.2, 0.25) is 0 Å². The van der Waals surface area contributed by atoms with Gasteiger partial charge in [-0.05, 0) is 72.3 Å². The Morgan fingerprint density at radius 2 is 1.31 bits per heavy atom. The van der Waals surface area contributed by atoms with Crippen LogP contribution in [-0.2, 0) is 0 Å². The number of fused-ring (bicyclic) bond motifs is 12. The zero-order valence-corrected chi connectivity index (χ0v) is 9.60. The van der Waals surface area contributed by atoms with Gasteiger partial charge in [0.15, 0.2) is 0 Å². The van der Waals surface area contributed by atoms with E-state index in [0.29, 0.717) is 0 Å². The molecular weight excluding hydrogens is 192 g/mol. The topological polar surface area (TPSA) is 0 Å². The van der Waals surface area contributed by atoms with Crippen LogP contribution in [0.3, 0.4) is 0 Å². The smallest absolute Gasteiger partial charge is 0.0119 e. The summed E-state index contributed by atoms with van der Waals surface area (Å²) >= 11 is 0. The highest BCUT2D eigenvalue weighted by molar-refractivity contribution is 5.44. The summed E-state index contributed by atoms with van der Waals surface area (Å²) in [5.41, 5.74) is 3.47. The minimum atomic E-state index is 0.960. The van der Waals surface area contributed by atoms with Crippen LogP contribution in [0.25, 0.3) is 0 Å². The predicted molar refractivity (Wildman–Crippen MR) is 64.4 cm³/mol. The highest BCUT2D eigenvalue weighted by Crippen LogP contribution is 2.71. The molecule has 0 radical (unpaired) electrons. The Balaban J connectivity index is 1.71. The van der Waals surface area contributed by atoms with Crippen LogP contribution in [0.1, 0.15) is 48.6 Å². The third-order valence-corrected chi connectivity index (χ3v) is 6.28. The van der Waals surface area contributed by atoms with Gasteiger partial charge in [0.1, 0.15) is 0 Å². The van der Waals surface area contributed by atoms with Crippen molar-refractivity contribution in [3.8, 4) is 0 Å². The van der Waals surface area contributed by atoms with Crippen LogP contribution < -0.4 is 0 Å². The molecule has 6 atom stereocenters. The van der Waals surface area contributed by atoms with Crippen molar-refractivity contribution in [2.45, 2.75) is 37.5 Å². The van der Waals surface area contributed by atoms with Crippen LogP contribution >= 0.6 is 0 Å². The first-order valence-electron chi connectivity index (χ1n) is 7.02. The van der Waals surface area contributed by atoms with Crippen LogP contribution in [0.2, 0.25) is 0 Å². The lowest BCUT2D eigenvalue weighted by atomic mass is 9.69. The van der Waals surface area contributed by atoms with Crippen LogP contribution in [0, 0.1) is 23.7 Å². The summed E-state index contributed by atoms with van der Waals surface area (Å²) in [5, 5.41) is 0. The van der Waals surface area contributed by atoms with Gasteiger partial charge in [0.25, 0.3) is 0 Å². The quantitative estimate of drug-likeness (QED) is 0.569.